The third kappa shape index (κ3) is 2.87. The van der Waals surface area contributed by atoms with Gasteiger partial charge in [0.25, 0.3) is 0 Å². The fourth-order valence-electron chi connectivity index (χ4n) is 2.01. The van der Waals surface area contributed by atoms with Crippen LogP contribution in [0.15, 0.2) is 59.0 Å². The number of carbonyl (C=O) groups is 1. The van der Waals surface area contributed by atoms with Gasteiger partial charge in [0.15, 0.2) is 5.76 Å². The van der Waals surface area contributed by atoms with Crippen LogP contribution in [0.4, 0.5) is 0 Å². The summed E-state index contributed by atoms with van der Waals surface area (Å²) < 4.78 is 5.51. The molecule has 0 saturated carbocycles. The molecule has 104 valence electrons. The number of carbonyl (C=O) groups excluding carboxylic acids is 1. The molecule has 3 aromatic rings. The van der Waals surface area contributed by atoms with Gasteiger partial charge in [-0.25, -0.2) is 0 Å². The van der Waals surface area contributed by atoms with Gasteiger partial charge in [-0.15, -0.1) is 0 Å². The Morgan fingerprint density at radius 3 is 2.43 bits per heavy atom. The predicted molar refractivity (Wildman–Crippen MR) is 86.0 cm³/mol. The second kappa shape index (κ2) is 5.76. The molecule has 0 fully saturated rings. The van der Waals surface area contributed by atoms with Gasteiger partial charge in [0.1, 0.15) is 5.58 Å². The minimum atomic E-state index is -0.234. The van der Waals surface area contributed by atoms with Crippen molar-refractivity contribution in [1.82, 2.24) is 0 Å². The van der Waals surface area contributed by atoms with Crippen molar-refractivity contribution in [2.75, 3.05) is 0 Å². The van der Waals surface area contributed by atoms with E-state index in [-0.39, 0.29) is 11.5 Å². The molecular formula is C17H10Cl2O2. The second-order valence-corrected chi connectivity index (χ2v) is 5.30. The lowest BCUT2D eigenvalue weighted by Crippen LogP contribution is -1.90. The number of ketones is 1. The Bertz CT molecular complexity index is 794. The molecule has 1 heterocycles. The van der Waals surface area contributed by atoms with Gasteiger partial charge >= 0.3 is 0 Å². The van der Waals surface area contributed by atoms with E-state index in [9.17, 15) is 4.79 Å². The van der Waals surface area contributed by atoms with E-state index in [1.165, 1.54) is 6.08 Å². The van der Waals surface area contributed by atoms with E-state index >= 15 is 0 Å². The van der Waals surface area contributed by atoms with E-state index < -0.39 is 0 Å². The maximum Gasteiger partial charge on any atom is 0.221 e. The number of furan rings is 1. The van der Waals surface area contributed by atoms with Crippen molar-refractivity contribution in [2.24, 2.45) is 0 Å². The van der Waals surface area contributed by atoms with Crippen molar-refractivity contribution in [1.29, 1.82) is 0 Å². The van der Waals surface area contributed by atoms with Crippen molar-refractivity contribution in [2.45, 2.75) is 0 Å². The molecule has 0 radical (unpaired) electrons. The van der Waals surface area contributed by atoms with E-state index in [0.29, 0.717) is 21.2 Å². The van der Waals surface area contributed by atoms with Crippen LogP contribution in [0.3, 0.4) is 0 Å². The summed E-state index contributed by atoms with van der Waals surface area (Å²) in [5.74, 6) is 0.0535. The molecule has 0 aliphatic rings. The molecule has 1 aromatic heterocycles. The predicted octanol–water partition coefficient (Wildman–Crippen LogP) is 5.64. The van der Waals surface area contributed by atoms with Gasteiger partial charge in [0, 0.05) is 21.0 Å². The molecule has 0 saturated heterocycles. The van der Waals surface area contributed by atoms with Crippen LogP contribution < -0.4 is 0 Å². The molecule has 0 amide bonds. The summed E-state index contributed by atoms with van der Waals surface area (Å²) in [7, 11) is 0. The molecular weight excluding hydrogens is 307 g/mol. The summed E-state index contributed by atoms with van der Waals surface area (Å²) in [5, 5.41) is 1.89. The Kier molecular flexibility index (Phi) is 3.82. The van der Waals surface area contributed by atoms with Gasteiger partial charge in [0.05, 0.1) is 0 Å². The standard InChI is InChI=1S/C17H10Cl2O2/c18-13-5-3-6-14(19)12(13)8-9-15(20)17-10-11-4-1-2-7-16(11)21-17/h1-10H/b9-8+. The highest BCUT2D eigenvalue weighted by Crippen LogP contribution is 2.26. The highest BCUT2D eigenvalue weighted by atomic mass is 35.5. The molecule has 0 bridgehead atoms. The number of benzene rings is 2. The summed E-state index contributed by atoms with van der Waals surface area (Å²) in [6.07, 6.45) is 3.00. The van der Waals surface area contributed by atoms with E-state index in [1.807, 2.05) is 24.3 Å². The molecule has 0 spiro atoms. The average molecular weight is 317 g/mol. The fourth-order valence-corrected chi connectivity index (χ4v) is 2.54. The normalized spacial score (nSPS) is 11.3. The quantitative estimate of drug-likeness (QED) is 0.462. The number of rotatable bonds is 3. The van der Waals surface area contributed by atoms with Gasteiger partial charge in [-0.1, -0.05) is 47.5 Å². The molecule has 0 aliphatic heterocycles. The summed E-state index contributed by atoms with van der Waals surface area (Å²) in [6, 6.07) is 14.4. The first-order chi connectivity index (χ1) is 10.1. The van der Waals surface area contributed by atoms with Gasteiger partial charge in [-0.3, -0.25) is 4.79 Å². The first-order valence-electron chi connectivity index (χ1n) is 6.30. The lowest BCUT2D eigenvalue weighted by molar-refractivity contribution is 0.102. The van der Waals surface area contributed by atoms with Crippen molar-refractivity contribution in [3.63, 3.8) is 0 Å². The third-order valence-electron chi connectivity index (χ3n) is 3.07. The summed E-state index contributed by atoms with van der Waals surface area (Å²) >= 11 is 12.1. The number of hydrogen-bond donors (Lipinski definition) is 0. The second-order valence-electron chi connectivity index (χ2n) is 4.48. The first kappa shape index (κ1) is 13.9. The minimum Gasteiger partial charge on any atom is -0.453 e. The van der Waals surface area contributed by atoms with Crippen LogP contribution in [0.5, 0.6) is 0 Å². The number of allylic oxidation sites excluding steroid dienone is 1. The molecule has 0 atom stereocenters. The number of halogens is 2. The summed E-state index contributed by atoms with van der Waals surface area (Å²) in [4.78, 5) is 12.1. The monoisotopic (exact) mass is 316 g/mol. The molecule has 0 unspecified atom stereocenters. The highest BCUT2D eigenvalue weighted by molar-refractivity contribution is 6.37. The molecule has 2 aromatic carbocycles. The maximum atomic E-state index is 12.1. The van der Waals surface area contributed by atoms with Crippen molar-refractivity contribution in [3.8, 4) is 0 Å². The van der Waals surface area contributed by atoms with Crippen LogP contribution in [0.1, 0.15) is 16.1 Å². The van der Waals surface area contributed by atoms with Gasteiger partial charge in [-0.2, -0.15) is 0 Å². The Morgan fingerprint density at radius 2 is 1.71 bits per heavy atom. The van der Waals surface area contributed by atoms with Gasteiger partial charge < -0.3 is 4.42 Å². The minimum absolute atomic E-state index is 0.234. The fraction of sp³-hybridized carbons (Fsp3) is 0. The van der Waals surface area contributed by atoms with E-state index in [0.717, 1.165) is 5.39 Å². The topological polar surface area (TPSA) is 30.2 Å². The lowest BCUT2D eigenvalue weighted by Gasteiger charge is -2.00. The molecule has 0 N–H and O–H groups in total. The smallest absolute Gasteiger partial charge is 0.221 e. The Hall–Kier alpha value is -2.03. The van der Waals surface area contributed by atoms with Crippen LogP contribution in [0.25, 0.3) is 17.0 Å². The van der Waals surface area contributed by atoms with E-state index in [1.54, 1.807) is 30.3 Å². The van der Waals surface area contributed by atoms with Crippen LogP contribution in [-0.2, 0) is 0 Å². The van der Waals surface area contributed by atoms with Crippen LogP contribution in [0, 0.1) is 0 Å². The molecule has 21 heavy (non-hydrogen) atoms. The molecule has 2 nitrogen and oxygen atoms in total. The lowest BCUT2D eigenvalue weighted by atomic mass is 10.1. The zero-order valence-electron chi connectivity index (χ0n) is 10.8. The van der Waals surface area contributed by atoms with Crippen molar-refractivity contribution >= 4 is 46.0 Å². The molecule has 4 heteroatoms. The molecule has 0 aliphatic carbocycles. The Balaban J connectivity index is 1.90. The first-order valence-corrected chi connectivity index (χ1v) is 7.06. The largest absolute Gasteiger partial charge is 0.453 e. The zero-order valence-corrected chi connectivity index (χ0v) is 12.4. The number of fused-ring (bicyclic) bond motifs is 1. The average Bonchev–Trinajstić information content (AvgIpc) is 2.90. The van der Waals surface area contributed by atoms with Gasteiger partial charge in [0.2, 0.25) is 5.78 Å². The van der Waals surface area contributed by atoms with Crippen LogP contribution >= 0.6 is 23.2 Å². The van der Waals surface area contributed by atoms with Crippen molar-refractivity contribution < 1.29 is 9.21 Å². The summed E-state index contributed by atoms with van der Waals surface area (Å²) in [6.45, 7) is 0. The third-order valence-corrected chi connectivity index (χ3v) is 3.73. The zero-order chi connectivity index (χ0) is 14.8. The van der Waals surface area contributed by atoms with Crippen LogP contribution in [-0.4, -0.2) is 5.78 Å². The molecule has 3 rings (SSSR count). The van der Waals surface area contributed by atoms with Crippen LogP contribution in [0.2, 0.25) is 10.0 Å². The van der Waals surface area contributed by atoms with Crippen molar-refractivity contribution in [3.05, 3.63) is 76.0 Å². The highest BCUT2D eigenvalue weighted by Gasteiger charge is 2.10. The van der Waals surface area contributed by atoms with E-state index in [4.69, 9.17) is 27.6 Å². The Morgan fingerprint density at radius 1 is 1.00 bits per heavy atom. The number of hydrogen-bond acceptors (Lipinski definition) is 2. The van der Waals surface area contributed by atoms with E-state index in [2.05, 4.69) is 0 Å². The van der Waals surface area contributed by atoms with Gasteiger partial charge in [-0.05, 0) is 36.4 Å². The number of para-hydroxylation sites is 1. The SMILES string of the molecule is O=C(/C=C/c1c(Cl)cccc1Cl)c1cc2ccccc2o1. The summed E-state index contributed by atoms with van der Waals surface area (Å²) in [5.41, 5.74) is 1.30. The maximum absolute atomic E-state index is 12.1. The Labute approximate surface area is 131 Å².